The van der Waals surface area contributed by atoms with Crippen LogP contribution in [0.25, 0.3) is 0 Å². The first-order chi connectivity index (χ1) is 9.72. The maximum absolute atomic E-state index is 12.1. The third-order valence-corrected chi connectivity index (χ3v) is 3.74. The van der Waals surface area contributed by atoms with Gasteiger partial charge in [0.25, 0.3) is 0 Å². The van der Waals surface area contributed by atoms with Gasteiger partial charge in [0.1, 0.15) is 19.3 Å². The van der Waals surface area contributed by atoms with E-state index in [0.29, 0.717) is 26.1 Å². The largest absolute Gasteiger partial charge is 0.463 e. The molecule has 2 rings (SSSR count). The lowest BCUT2D eigenvalue weighted by Crippen LogP contribution is -2.35. The Balaban J connectivity index is 1.85. The molecule has 1 saturated carbocycles. The highest BCUT2D eigenvalue weighted by Gasteiger charge is 2.38. The van der Waals surface area contributed by atoms with E-state index >= 15 is 0 Å². The van der Waals surface area contributed by atoms with Crippen molar-refractivity contribution < 1.29 is 23.8 Å². The van der Waals surface area contributed by atoms with Gasteiger partial charge in [-0.05, 0) is 19.8 Å². The number of allylic oxidation sites excluding steroid dienone is 1. The highest BCUT2D eigenvalue weighted by atomic mass is 16.6. The van der Waals surface area contributed by atoms with Gasteiger partial charge in [-0.1, -0.05) is 25.0 Å². The Morgan fingerprint density at radius 1 is 1.15 bits per heavy atom. The zero-order valence-electron chi connectivity index (χ0n) is 11.9. The molecule has 5 heteroatoms. The van der Waals surface area contributed by atoms with Crippen molar-refractivity contribution in [1.82, 2.24) is 0 Å². The van der Waals surface area contributed by atoms with Gasteiger partial charge in [-0.3, -0.25) is 9.59 Å². The van der Waals surface area contributed by atoms with Gasteiger partial charge in [-0.25, -0.2) is 0 Å². The van der Waals surface area contributed by atoms with Gasteiger partial charge in [-0.2, -0.15) is 0 Å². The smallest absolute Gasteiger partial charge is 0.310 e. The lowest BCUT2D eigenvalue weighted by molar-refractivity contribution is -0.162. The van der Waals surface area contributed by atoms with E-state index in [1.165, 1.54) is 0 Å². The lowest BCUT2D eigenvalue weighted by atomic mass is 9.79. The van der Waals surface area contributed by atoms with Crippen LogP contribution < -0.4 is 0 Å². The van der Waals surface area contributed by atoms with Gasteiger partial charge in [0.15, 0.2) is 0 Å². The Morgan fingerprint density at radius 3 is 2.30 bits per heavy atom. The summed E-state index contributed by atoms with van der Waals surface area (Å²) in [7, 11) is 0. The second-order valence-corrected chi connectivity index (χ2v) is 5.28. The first-order valence-electron chi connectivity index (χ1n) is 7.28. The van der Waals surface area contributed by atoms with Gasteiger partial charge in [-0.15, -0.1) is 0 Å². The maximum Gasteiger partial charge on any atom is 0.310 e. The Kier molecular flexibility index (Phi) is 5.59. The Morgan fingerprint density at radius 2 is 1.75 bits per heavy atom. The number of hydrogen-bond acceptors (Lipinski definition) is 5. The summed E-state index contributed by atoms with van der Waals surface area (Å²) >= 11 is 0. The molecule has 0 aromatic heterocycles. The summed E-state index contributed by atoms with van der Waals surface area (Å²) < 4.78 is 15.4. The number of esters is 2. The standard InChI is InChI=1S/C15H22O5/c1-2-3-8-18-14(16)12-6-4-5-7-13(12)15(17)20-10-11-9-19-11/h2-3,11-13H,4-10H2,1H3. The van der Waals surface area contributed by atoms with Crippen LogP contribution in [-0.2, 0) is 23.8 Å². The van der Waals surface area contributed by atoms with Gasteiger partial charge in [0.2, 0.25) is 0 Å². The zero-order valence-corrected chi connectivity index (χ0v) is 11.9. The molecule has 1 aliphatic carbocycles. The predicted octanol–water partition coefficient (Wildman–Crippen LogP) is 1.85. The molecule has 1 aliphatic heterocycles. The molecule has 112 valence electrons. The molecule has 5 nitrogen and oxygen atoms in total. The number of carbonyl (C=O) groups excluding carboxylic acids is 2. The van der Waals surface area contributed by atoms with Crippen molar-refractivity contribution in [3.05, 3.63) is 12.2 Å². The molecular weight excluding hydrogens is 260 g/mol. The van der Waals surface area contributed by atoms with Crippen molar-refractivity contribution >= 4 is 11.9 Å². The van der Waals surface area contributed by atoms with E-state index in [9.17, 15) is 9.59 Å². The SMILES string of the molecule is CC=CCOC(=O)C1CCCCC1C(=O)OCC1CO1. The van der Waals surface area contributed by atoms with Crippen LogP contribution in [0, 0.1) is 11.8 Å². The Hall–Kier alpha value is -1.36. The summed E-state index contributed by atoms with van der Waals surface area (Å²) in [5.41, 5.74) is 0. The molecule has 0 spiro atoms. The van der Waals surface area contributed by atoms with Crippen molar-refractivity contribution in [2.75, 3.05) is 19.8 Å². The zero-order chi connectivity index (χ0) is 14.4. The molecule has 2 fully saturated rings. The van der Waals surface area contributed by atoms with Crippen molar-refractivity contribution in [3.8, 4) is 0 Å². The summed E-state index contributed by atoms with van der Waals surface area (Å²) in [5, 5.41) is 0. The van der Waals surface area contributed by atoms with Crippen molar-refractivity contribution in [1.29, 1.82) is 0 Å². The fraction of sp³-hybridized carbons (Fsp3) is 0.733. The van der Waals surface area contributed by atoms with Gasteiger partial charge in [0, 0.05) is 0 Å². The van der Waals surface area contributed by atoms with E-state index in [0.717, 1.165) is 12.8 Å². The Labute approximate surface area is 119 Å². The van der Waals surface area contributed by atoms with E-state index in [-0.39, 0.29) is 36.5 Å². The molecule has 1 saturated heterocycles. The first-order valence-corrected chi connectivity index (χ1v) is 7.28. The van der Waals surface area contributed by atoms with Crippen LogP contribution in [0.4, 0.5) is 0 Å². The normalized spacial score (nSPS) is 29.1. The number of carbonyl (C=O) groups is 2. The molecule has 2 aliphatic rings. The quantitative estimate of drug-likeness (QED) is 0.422. The summed E-state index contributed by atoms with van der Waals surface area (Å²) in [4.78, 5) is 24.1. The van der Waals surface area contributed by atoms with Crippen molar-refractivity contribution in [2.45, 2.75) is 38.7 Å². The molecule has 0 radical (unpaired) electrons. The molecule has 0 N–H and O–H groups in total. The first kappa shape index (κ1) is 15.0. The van der Waals surface area contributed by atoms with Crippen LogP contribution in [0.3, 0.4) is 0 Å². The minimum absolute atomic E-state index is 0.0580. The monoisotopic (exact) mass is 282 g/mol. The number of rotatable bonds is 6. The van der Waals surface area contributed by atoms with Crippen LogP contribution in [0.1, 0.15) is 32.6 Å². The predicted molar refractivity (Wildman–Crippen MR) is 71.9 cm³/mol. The van der Waals surface area contributed by atoms with E-state index in [4.69, 9.17) is 14.2 Å². The number of hydrogen-bond donors (Lipinski definition) is 0. The molecule has 1 heterocycles. The molecule has 20 heavy (non-hydrogen) atoms. The maximum atomic E-state index is 12.1. The van der Waals surface area contributed by atoms with E-state index < -0.39 is 0 Å². The second-order valence-electron chi connectivity index (χ2n) is 5.28. The molecule has 0 bridgehead atoms. The average Bonchev–Trinajstić information content (AvgIpc) is 3.29. The summed E-state index contributed by atoms with van der Waals surface area (Å²) in [6.07, 6.45) is 6.98. The molecule has 3 atom stereocenters. The summed E-state index contributed by atoms with van der Waals surface area (Å²) in [6.45, 7) is 3.10. The fourth-order valence-corrected chi connectivity index (χ4v) is 2.47. The van der Waals surface area contributed by atoms with E-state index in [1.54, 1.807) is 6.08 Å². The molecule has 0 aromatic rings. The number of ether oxygens (including phenoxy) is 3. The second kappa shape index (κ2) is 7.43. The Bertz CT molecular complexity index is 372. The fourth-order valence-electron chi connectivity index (χ4n) is 2.47. The molecule has 3 unspecified atom stereocenters. The topological polar surface area (TPSA) is 65.1 Å². The van der Waals surface area contributed by atoms with Gasteiger partial charge >= 0.3 is 11.9 Å². The highest BCUT2D eigenvalue weighted by molar-refractivity contribution is 5.82. The van der Waals surface area contributed by atoms with Crippen molar-refractivity contribution in [3.63, 3.8) is 0 Å². The lowest BCUT2D eigenvalue weighted by Gasteiger charge is -2.28. The van der Waals surface area contributed by atoms with Gasteiger partial charge in [0.05, 0.1) is 18.4 Å². The minimum Gasteiger partial charge on any atom is -0.463 e. The summed E-state index contributed by atoms with van der Waals surface area (Å²) in [6, 6.07) is 0. The molecule has 0 amide bonds. The van der Waals surface area contributed by atoms with Crippen LogP contribution in [0.2, 0.25) is 0 Å². The van der Waals surface area contributed by atoms with E-state index in [2.05, 4.69) is 0 Å². The summed E-state index contributed by atoms with van der Waals surface area (Å²) in [5.74, 6) is -1.29. The van der Waals surface area contributed by atoms with Crippen LogP contribution in [0.5, 0.6) is 0 Å². The van der Waals surface area contributed by atoms with E-state index in [1.807, 2.05) is 13.0 Å². The number of epoxide rings is 1. The molecular formula is C15H22O5. The minimum atomic E-state index is -0.361. The van der Waals surface area contributed by atoms with Crippen molar-refractivity contribution in [2.24, 2.45) is 11.8 Å². The third-order valence-electron chi connectivity index (χ3n) is 3.74. The van der Waals surface area contributed by atoms with Gasteiger partial charge < -0.3 is 14.2 Å². The highest BCUT2D eigenvalue weighted by Crippen LogP contribution is 2.32. The van der Waals surface area contributed by atoms with Crippen LogP contribution in [-0.4, -0.2) is 37.9 Å². The van der Waals surface area contributed by atoms with Crippen LogP contribution in [0.15, 0.2) is 12.2 Å². The average molecular weight is 282 g/mol. The van der Waals surface area contributed by atoms with Crippen LogP contribution >= 0.6 is 0 Å². The third kappa shape index (κ3) is 4.34. The molecule has 0 aromatic carbocycles.